The molecular formula is C27H38N4O3. The molecule has 1 saturated heterocycles. The Morgan fingerprint density at radius 2 is 1.91 bits per heavy atom. The van der Waals surface area contributed by atoms with E-state index >= 15 is 0 Å². The van der Waals surface area contributed by atoms with Crippen LogP contribution in [0.3, 0.4) is 0 Å². The van der Waals surface area contributed by atoms with E-state index in [0.29, 0.717) is 32.7 Å². The molecule has 2 aromatic rings. The van der Waals surface area contributed by atoms with Gasteiger partial charge in [0.15, 0.2) is 0 Å². The third kappa shape index (κ3) is 5.99. The van der Waals surface area contributed by atoms with Crippen molar-refractivity contribution in [1.82, 2.24) is 19.4 Å². The lowest BCUT2D eigenvalue weighted by atomic mass is 9.73. The standard InChI is InChI=1S/C27H38N4O3/c1-29-20-21-34-24-10-5-4-9-23(24)8-3-2-6-12-27(26(29)33)13-17-31(18-14-27)25(32)11-7-16-30-19-15-28-22-30/h4-5,9-10,15,19,22H,2-3,6-8,11-14,16-18,20-21H2,1H3. The second-order valence-corrected chi connectivity index (χ2v) is 9.81. The van der Waals surface area contributed by atoms with Gasteiger partial charge >= 0.3 is 0 Å². The molecule has 0 atom stereocenters. The Bertz CT molecular complexity index is 935. The molecule has 1 fully saturated rings. The Morgan fingerprint density at radius 1 is 1.09 bits per heavy atom. The zero-order valence-corrected chi connectivity index (χ0v) is 20.5. The quantitative estimate of drug-likeness (QED) is 0.685. The number of likely N-dealkylation sites (N-methyl/N-ethyl adjacent to an activating group) is 1. The van der Waals surface area contributed by atoms with Gasteiger partial charge in [0.1, 0.15) is 12.4 Å². The summed E-state index contributed by atoms with van der Waals surface area (Å²) < 4.78 is 8.06. The van der Waals surface area contributed by atoms with Crippen molar-refractivity contribution in [3.8, 4) is 5.75 Å². The number of hydrogen-bond acceptors (Lipinski definition) is 4. The first-order valence-electron chi connectivity index (χ1n) is 12.8. The van der Waals surface area contributed by atoms with Gasteiger partial charge in [-0.3, -0.25) is 9.59 Å². The van der Waals surface area contributed by atoms with Gasteiger partial charge in [-0.25, -0.2) is 4.98 Å². The fourth-order valence-corrected chi connectivity index (χ4v) is 5.35. The maximum Gasteiger partial charge on any atom is 0.228 e. The highest BCUT2D eigenvalue weighted by atomic mass is 16.5. The van der Waals surface area contributed by atoms with Crippen LogP contribution in [0.4, 0.5) is 0 Å². The van der Waals surface area contributed by atoms with Crippen LogP contribution in [0.2, 0.25) is 0 Å². The molecule has 0 bridgehead atoms. The average Bonchev–Trinajstić information content (AvgIpc) is 3.37. The van der Waals surface area contributed by atoms with Gasteiger partial charge in [0.05, 0.1) is 18.3 Å². The number of ether oxygens (including phenoxy) is 1. The van der Waals surface area contributed by atoms with Crippen molar-refractivity contribution in [3.05, 3.63) is 48.5 Å². The summed E-state index contributed by atoms with van der Waals surface area (Å²) in [5.41, 5.74) is 0.897. The topological polar surface area (TPSA) is 67.7 Å². The molecule has 2 amide bonds. The van der Waals surface area contributed by atoms with E-state index in [0.717, 1.165) is 63.7 Å². The maximum atomic E-state index is 13.6. The summed E-state index contributed by atoms with van der Waals surface area (Å²) in [6.45, 7) is 3.22. The highest BCUT2D eigenvalue weighted by Crippen LogP contribution is 2.39. The second-order valence-electron chi connectivity index (χ2n) is 9.81. The molecule has 0 radical (unpaired) electrons. The molecule has 0 unspecified atom stereocenters. The third-order valence-corrected chi connectivity index (χ3v) is 7.50. The molecule has 0 saturated carbocycles. The molecule has 4 rings (SSSR count). The number of carbonyl (C=O) groups excluding carboxylic acids is 2. The lowest BCUT2D eigenvalue weighted by Crippen LogP contribution is -2.51. The minimum Gasteiger partial charge on any atom is -0.491 e. The van der Waals surface area contributed by atoms with Crippen molar-refractivity contribution >= 4 is 11.8 Å². The van der Waals surface area contributed by atoms with Crippen LogP contribution in [0.25, 0.3) is 0 Å². The minimum absolute atomic E-state index is 0.201. The molecule has 1 aromatic heterocycles. The molecule has 2 aliphatic heterocycles. The van der Waals surface area contributed by atoms with Gasteiger partial charge in [0.2, 0.25) is 11.8 Å². The second kappa shape index (κ2) is 11.5. The van der Waals surface area contributed by atoms with Crippen LogP contribution in [0.5, 0.6) is 5.75 Å². The monoisotopic (exact) mass is 466 g/mol. The fraction of sp³-hybridized carbons (Fsp3) is 0.593. The summed E-state index contributed by atoms with van der Waals surface area (Å²) in [5.74, 6) is 1.36. The molecule has 7 heteroatoms. The lowest BCUT2D eigenvalue weighted by Gasteiger charge is -2.42. The Labute approximate surface area is 203 Å². The van der Waals surface area contributed by atoms with E-state index in [-0.39, 0.29) is 17.2 Å². The highest BCUT2D eigenvalue weighted by Gasteiger charge is 2.43. The van der Waals surface area contributed by atoms with Crippen LogP contribution in [-0.4, -0.2) is 64.5 Å². The number of aromatic nitrogens is 2. The van der Waals surface area contributed by atoms with E-state index in [2.05, 4.69) is 17.1 Å². The summed E-state index contributed by atoms with van der Waals surface area (Å²) in [6.07, 6.45) is 13.5. The summed E-state index contributed by atoms with van der Waals surface area (Å²) in [7, 11) is 1.90. The summed E-state index contributed by atoms with van der Waals surface area (Å²) >= 11 is 0. The number of aryl methyl sites for hydroxylation is 2. The zero-order valence-electron chi connectivity index (χ0n) is 20.5. The smallest absolute Gasteiger partial charge is 0.228 e. The number of imidazole rings is 1. The maximum absolute atomic E-state index is 13.6. The Morgan fingerprint density at radius 3 is 2.71 bits per heavy atom. The van der Waals surface area contributed by atoms with Crippen LogP contribution in [-0.2, 0) is 22.6 Å². The van der Waals surface area contributed by atoms with Gasteiger partial charge in [0, 0.05) is 45.5 Å². The molecule has 184 valence electrons. The number of benzene rings is 1. The molecule has 7 nitrogen and oxygen atoms in total. The van der Waals surface area contributed by atoms with Gasteiger partial charge in [-0.15, -0.1) is 0 Å². The normalized spacial score (nSPS) is 19.5. The molecule has 2 aliphatic rings. The summed E-state index contributed by atoms with van der Waals surface area (Å²) in [6, 6.07) is 8.25. The molecule has 1 aromatic carbocycles. The summed E-state index contributed by atoms with van der Waals surface area (Å²) in [4.78, 5) is 34.3. The molecule has 0 aliphatic carbocycles. The number of hydrogen-bond donors (Lipinski definition) is 0. The predicted octanol–water partition coefficient (Wildman–Crippen LogP) is 3.93. The van der Waals surface area contributed by atoms with Gasteiger partial charge in [-0.2, -0.15) is 0 Å². The molecule has 0 N–H and O–H groups in total. The molecule has 3 heterocycles. The number of rotatable bonds is 4. The number of para-hydroxylation sites is 1. The lowest BCUT2D eigenvalue weighted by molar-refractivity contribution is -0.148. The van der Waals surface area contributed by atoms with Crippen LogP contribution in [0.1, 0.15) is 56.9 Å². The number of nitrogens with zero attached hydrogens (tertiary/aromatic N) is 4. The molecule has 1 spiro atoms. The van der Waals surface area contributed by atoms with Gasteiger partial charge in [-0.05, 0) is 50.2 Å². The number of likely N-dealkylation sites (tertiary alicyclic amines) is 1. The fourth-order valence-electron chi connectivity index (χ4n) is 5.35. The first-order chi connectivity index (χ1) is 16.6. The van der Waals surface area contributed by atoms with E-state index in [4.69, 9.17) is 4.74 Å². The predicted molar refractivity (Wildman–Crippen MR) is 131 cm³/mol. The Hall–Kier alpha value is -2.83. The highest BCUT2D eigenvalue weighted by molar-refractivity contribution is 5.83. The van der Waals surface area contributed by atoms with Crippen molar-refractivity contribution < 1.29 is 14.3 Å². The summed E-state index contributed by atoms with van der Waals surface area (Å²) in [5, 5.41) is 0. The largest absolute Gasteiger partial charge is 0.491 e. The van der Waals surface area contributed by atoms with E-state index in [9.17, 15) is 9.59 Å². The number of carbonyl (C=O) groups is 2. The van der Waals surface area contributed by atoms with Crippen LogP contribution >= 0.6 is 0 Å². The van der Waals surface area contributed by atoms with Crippen LogP contribution < -0.4 is 4.74 Å². The van der Waals surface area contributed by atoms with Crippen molar-refractivity contribution in [1.29, 1.82) is 0 Å². The van der Waals surface area contributed by atoms with E-state index in [1.54, 1.807) is 12.5 Å². The number of fused-ring (bicyclic) bond motifs is 1. The van der Waals surface area contributed by atoms with E-state index in [1.807, 2.05) is 39.7 Å². The van der Waals surface area contributed by atoms with Crippen molar-refractivity contribution in [2.24, 2.45) is 5.41 Å². The van der Waals surface area contributed by atoms with Crippen molar-refractivity contribution in [2.75, 3.05) is 33.3 Å². The van der Waals surface area contributed by atoms with Crippen molar-refractivity contribution in [3.63, 3.8) is 0 Å². The first-order valence-corrected chi connectivity index (χ1v) is 12.8. The third-order valence-electron chi connectivity index (χ3n) is 7.50. The Balaban J connectivity index is 1.33. The average molecular weight is 467 g/mol. The van der Waals surface area contributed by atoms with E-state index < -0.39 is 0 Å². The van der Waals surface area contributed by atoms with Gasteiger partial charge in [0.25, 0.3) is 0 Å². The Kier molecular flexibility index (Phi) is 8.25. The van der Waals surface area contributed by atoms with Crippen LogP contribution in [0, 0.1) is 5.41 Å². The first kappa shape index (κ1) is 24.3. The minimum atomic E-state index is -0.358. The van der Waals surface area contributed by atoms with Crippen LogP contribution in [0.15, 0.2) is 43.0 Å². The van der Waals surface area contributed by atoms with Gasteiger partial charge < -0.3 is 19.1 Å². The number of piperidine rings is 1. The number of amides is 2. The van der Waals surface area contributed by atoms with Crippen molar-refractivity contribution in [2.45, 2.75) is 64.3 Å². The van der Waals surface area contributed by atoms with Gasteiger partial charge in [-0.1, -0.05) is 31.0 Å². The molecular weight excluding hydrogens is 428 g/mol. The van der Waals surface area contributed by atoms with E-state index in [1.165, 1.54) is 5.56 Å². The SMILES string of the molecule is CN1CCOc2ccccc2CCCCCC2(CCN(C(=O)CCCn3ccnc3)CC2)C1=O. The molecule has 34 heavy (non-hydrogen) atoms. The zero-order chi connectivity index (χ0) is 23.8.